The maximum atomic E-state index is 11.2. The molecule has 0 atom stereocenters. The SMILES string of the molecule is CCCN1CCN(C/C=C(/C)C(=O)OC)CC1. The van der Waals surface area contributed by atoms with Crippen LogP contribution >= 0.6 is 0 Å². The fourth-order valence-corrected chi connectivity index (χ4v) is 2.02. The topological polar surface area (TPSA) is 32.8 Å². The van der Waals surface area contributed by atoms with Crippen LogP contribution in [0.25, 0.3) is 0 Å². The van der Waals surface area contributed by atoms with Gasteiger partial charge in [-0.3, -0.25) is 4.90 Å². The first-order valence-corrected chi connectivity index (χ1v) is 6.37. The van der Waals surface area contributed by atoms with Gasteiger partial charge in [-0.15, -0.1) is 0 Å². The minimum absolute atomic E-state index is 0.227. The lowest BCUT2D eigenvalue weighted by Gasteiger charge is -2.33. The van der Waals surface area contributed by atoms with Gasteiger partial charge in [0.15, 0.2) is 0 Å². The molecule has 0 unspecified atom stereocenters. The van der Waals surface area contributed by atoms with E-state index in [2.05, 4.69) is 21.5 Å². The second kappa shape index (κ2) is 7.45. The first kappa shape index (κ1) is 14.2. The molecule has 17 heavy (non-hydrogen) atoms. The molecule has 98 valence electrons. The minimum Gasteiger partial charge on any atom is -0.466 e. The molecule has 1 heterocycles. The maximum absolute atomic E-state index is 11.2. The maximum Gasteiger partial charge on any atom is 0.333 e. The molecule has 0 aromatic heterocycles. The number of rotatable bonds is 5. The Labute approximate surface area is 104 Å². The Morgan fingerprint density at radius 3 is 2.35 bits per heavy atom. The van der Waals surface area contributed by atoms with Crippen LogP contribution in [0.3, 0.4) is 0 Å². The van der Waals surface area contributed by atoms with Crippen molar-refractivity contribution in [3.8, 4) is 0 Å². The summed E-state index contributed by atoms with van der Waals surface area (Å²) in [5, 5.41) is 0. The smallest absolute Gasteiger partial charge is 0.333 e. The quantitative estimate of drug-likeness (QED) is 0.533. The van der Waals surface area contributed by atoms with Crippen molar-refractivity contribution in [3.63, 3.8) is 0 Å². The standard InChI is InChI=1S/C13H24N2O2/c1-4-6-14-8-10-15(11-9-14)7-5-12(2)13(16)17-3/h5H,4,6-11H2,1-3H3/b12-5-. The second-order valence-corrected chi connectivity index (χ2v) is 4.52. The summed E-state index contributed by atoms with van der Waals surface area (Å²) in [5.41, 5.74) is 0.698. The Bertz CT molecular complexity index is 269. The summed E-state index contributed by atoms with van der Waals surface area (Å²) in [5.74, 6) is -0.227. The molecule has 1 aliphatic rings. The number of carbonyl (C=O) groups is 1. The van der Waals surface area contributed by atoms with Crippen molar-refractivity contribution in [2.75, 3.05) is 46.4 Å². The van der Waals surface area contributed by atoms with Gasteiger partial charge in [-0.25, -0.2) is 4.79 Å². The summed E-state index contributed by atoms with van der Waals surface area (Å²) in [6.07, 6.45) is 3.18. The van der Waals surface area contributed by atoms with Crippen molar-refractivity contribution < 1.29 is 9.53 Å². The number of nitrogens with zero attached hydrogens (tertiary/aromatic N) is 2. The molecule has 0 spiro atoms. The van der Waals surface area contributed by atoms with Gasteiger partial charge in [-0.05, 0) is 19.9 Å². The van der Waals surface area contributed by atoms with E-state index < -0.39 is 0 Å². The van der Waals surface area contributed by atoms with Crippen LogP contribution in [0.4, 0.5) is 0 Å². The van der Waals surface area contributed by atoms with Crippen LogP contribution in [0.1, 0.15) is 20.3 Å². The minimum atomic E-state index is -0.227. The molecular weight excluding hydrogens is 216 g/mol. The van der Waals surface area contributed by atoms with E-state index in [0.717, 1.165) is 32.7 Å². The average Bonchev–Trinajstić information content (AvgIpc) is 2.37. The molecule has 4 heteroatoms. The molecule has 0 radical (unpaired) electrons. The number of piperazine rings is 1. The first-order valence-electron chi connectivity index (χ1n) is 6.37. The number of hydrogen-bond donors (Lipinski definition) is 0. The normalized spacial score (nSPS) is 19.4. The van der Waals surface area contributed by atoms with Gasteiger partial charge in [0.2, 0.25) is 0 Å². The van der Waals surface area contributed by atoms with E-state index in [1.54, 1.807) is 6.92 Å². The van der Waals surface area contributed by atoms with Gasteiger partial charge in [-0.2, -0.15) is 0 Å². The molecule has 0 aliphatic carbocycles. The molecule has 0 aromatic carbocycles. The molecule has 1 aliphatic heterocycles. The molecule has 4 nitrogen and oxygen atoms in total. The Hall–Kier alpha value is -0.870. The molecule has 1 fully saturated rings. The van der Waals surface area contributed by atoms with Crippen molar-refractivity contribution in [1.82, 2.24) is 9.80 Å². The van der Waals surface area contributed by atoms with Crippen molar-refractivity contribution in [2.45, 2.75) is 20.3 Å². The number of esters is 1. The van der Waals surface area contributed by atoms with Crippen LogP contribution in [0.15, 0.2) is 11.6 Å². The predicted octanol–water partition coefficient (Wildman–Crippen LogP) is 1.13. The van der Waals surface area contributed by atoms with Crippen molar-refractivity contribution in [1.29, 1.82) is 0 Å². The average molecular weight is 240 g/mol. The molecule has 0 amide bonds. The number of carbonyl (C=O) groups excluding carboxylic acids is 1. The van der Waals surface area contributed by atoms with E-state index in [0.29, 0.717) is 5.57 Å². The van der Waals surface area contributed by atoms with Gasteiger partial charge in [-0.1, -0.05) is 13.0 Å². The highest BCUT2D eigenvalue weighted by atomic mass is 16.5. The van der Waals surface area contributed by atoms with Crippen LogP contribution in [0.5, 0.6) is 0 Å². The fraction of sp³-hybridized carbons (Fsp3) is 0.769. The van der Waals surface area contributed by atoms with E-state index in [9.17, 15) is 4.79 Å². The van der Waals surface area contributed by atoms with Crippen LogP contribution in [0.2, 0.25) is 0 Å². The van der Waals surface area contributed by atoms with Crippen molar-refractivity contribution in [2.24, 2.45) is 0 Å². The Balaban J connectivity index is 2.28. The molecule has 1 rings (SSSR count). The number of ether oxygens (including phenoxy) is 1. The van der Waals surface area contributed by atoms with Gasteiger partial charge in [0, 0.05) is 38.3 Å². The summed E-state index contributed by atoms with van der Waals surface area (Å²) < 4.78 is 4.67. The summed E-state index contributed by atoms with van der Waals surface area (Å²) in [6.45, 7) is 10.5. The lowest BCUT2D eigenvalue weighted by Crippen LogP contribution is -2.46. The van der Waals surface area contributed by atoms with Gasteiger partial charge in [0.05, 0.1) is 7.11 Å². The van der Waals surface area contributed by atoms with Gasteiger partial charge >= 0.3 is 5.97 Å². The Morgan fingerprint density at radius 2 is 1.82 bits per heavy atom. The Kier molecular flexibility index (Phi) is 6.22. The highest BCUT2D eigenvalue weighted by Crippen LogP contribution is 2.04. The second-order valence-electron chi connectivity index (χ2n) is 4.52. The molecule has 0 aromatic rings. The molecule has 1 saturated heterocycles. The molecule has 0 bridgehead atoms. The fourth-order valence-electron chi connectivity index (χ4n) is 2.02. The largest absolute Gasteiger partial charge is 0.466 e. The zero-order valence-electron chi connectivity index (χ0n) is 11.2. The van der Waals surface area contributed by atoms with E-state index >= 15 is 0 Å². The number of methoxy groups -OCH3 is 1. The zero-order valence-corrected chi connectivity index (χ0v) is 11.2. The molecular formula is C13H24N2O2. The van der Waals surface area contributed by atoms with E-state index in [-0.39, 0.29) is 5.97 Å². The summed E-state index contributed by atoms with van der Waals surface area (Å²) in [7, 11) is 1.42. The lowest BCUT2D eigenvalue weighted by atomic mass is 10.2. The third-order valence-electron chi connectivity index (χ3n) is 3.17. The highest BCUT2D eigenvalue weighted by Gasteiger charge is 2.15. The monoisotopic (exact) mass is 240 g/mol. The highest BCUT2D eigenvalue weighted by molar-refractivity contribution is 5.87. The Morgan fingerprint density at radius 1 is 1.24 bits per heavy atom. The van der Waals surface area contributed by atoms with Gasteiger partial charge in [0.1, 0.15) is 0 Å². The zero-order chi connectivity index (χ0) is 12.7. The van der Waals surface area contributed by atoms with E-state index in [4.69, 9.17) is 0 Å². The van der Waals surface area contributed by atoms with Crippen LogP contribution in [-0.2, 0) is 9.53 Å². The lowest BCUT2D eigenvalue weighted by molar-refractivity contribution is -0.136. The number of hydrogen-bond acceptors (Lipinski definition) is 4. The van der Waals surface area contributed by atoms with Crippen molar-refractivity contribution >= 4 is 5.97 Å². The third kappa shape index (κ3) is 4.88. The van der Waals surface area contributed by atoms with E-state index in [1.165, 1.54) is 20.1 Å². The predicted molar refractivity (Wildman–Crippen MR) is 68.9 cm³/mol. The van der Waals surface area contributed by atoms with Crippen LogP contribution < -0.4 is 0 Å². The van der Waals surface area contributed by atoms with Crippen molar-refractivity contribution in [3.05, 3.63) is 11.6 Å². The third-order valence-corrected chi connectivity index (χ3v) is 3.17. The molecule has 0 saturated carbocycles. The molecule has 0 N–H and O–H groups in total. The van der Waals surface area contributed by atoms with E-state index in [1.807, 2.05) is 6.08 Å². The van der Waals surface area contributed by atoms with Gasteiger partial charge < -0.3 is 9.64 Å². The van der Waals surface area contributed by atoms with Gasteiger partial charge in [0.25, 0.3) is 0 Å². The van der Waals surface area contributed by atoms with Crippen LogP contribution in [-0.4, -0.2) is 62.1 Å². The van der Waals surface area contributed by atoms with Crippen LogP contribution in [0, 0.1) is 0 Å². The summed E-state index contributed by atoms with van der Waals surface area (Å²) in [4.78, 5) is 16.1. The summed E-state index contributed by atoms with van der Waals surface area (Å²) >= 11 is 0. The summed E-state index contributed by atoms with van der Waals surface area (Å²) in [6, 6.07) is 0. The first-order chi connectivity index (χ1) is 8.17.